The third-order valence-corrected chi connectivity index (χ3v) is 16.0. The fourth-order valence-corrected chi connectivity index (χ4v) is 11.4. The Labute approximate surface area is 486 Å². The fraction of sp³-hybridized carbons (Fsp3) is 0.235. The van der Waals surface area contributed by atoms with Crippen molar-refractivity contribution >= 4 is 33.1 Å². The van der Waals surface area contributed by atoms with Gasteiger partial charge in [-0.25, -0.2) is 9.97 Å². The maximum absolute atomic E-state index is 14.0. The van der Waals surface area contributed by atoms with E-state index in [0.29, 0.717) is 50.0 Å². The van der Waals surface area contributed by atoms with E-state index in [1.165, 1.54) is 0 Å². The molecule has 1 saturated carbocycles. The fourth-order valence-electron chi connectivity index (χ4n) is 11.4. The number of furan rings is 1. The number of alkyl halides is 6. The molecule has 0 unspecified atom stereocenters. The van der Waals surface area contributed by atoms with Crippen LogP contribution >= 0.6 is 0 Å². The van der Waals surface area contributed by atoms with Gasteiger partial charge in [0.1, 0.15) is 11.3 Å². The van der Waals surface area contributed by atoms with Crippen LogP contribution in [-0.2, 0) is 31.9 Å². The monoisotopic (exact) mass is 1280 g/mol. The number of hydrogen-bond acceptors (Lipinski definition) is 6. The molecule has 7 aromatic carbocycles. The van der Waals surface area contributed by atoms with Crippen LogP contribution in [0.1, 0.15) is 91.2 Å². The topological polar surface area (TPSA) is 89.9 Å². The molecule has 11 aromatic rings. The quantitative estimate of drug-likeness (QED) is 0.120. The molecule has 1 aliphatic rings. The van der Waals surface area contributed by atoms with Crippen LogP contribution in [-0.4, -0.2) is 42.0 Å². The second kappa shape index (κ2) is 20.8. The molecule has 0 spiro atoms. The maximum atomic E-state index is 14.0. The first-order valence-electron chi connectivity index (χ1n) is 27.4. The third kappa shape index (κ3) is 9.88. The molecule has 82 heavy (non-hydrogen) atoms. The first-order valence-corrected chi connectivity index (χ1v) is 26.9. The van der Waals surface area contributed by atoms with Crippen molar-refractivity contribution in [2.24, 2.45) is 5.41 Å². The van der Waals surface area contributed by atoms with Gasteiger partial charge in [-0.1, -0.05) is 174 Å². The molecule has 0 saturated heterocycles. The Bertz CT molecular complexity index is 4240. The average molecular weight is 1290 g/mol. The number of rotatable bonds is 8. The van der Waals surface area contributed by atoms with E-state index in [-0.39, 0.29) is 43.8 Å². The summed E-state index contributed by atoms with van der Waals surface area (Å²) >= 11 is 0. The van der Waals surface area contributed by atoms with E-state index in [9.17, 15) is 31.4 Å². The van der Waals surface area contributed by atoms with Gasteiger partial charge in [-0.2, -0.15) is 31.3 Å². The summed E-state index contributed by atoms with van der Waals surface area (Å²) in [7, 11) is 0. The number of fused-ring (bicyclic) bond motifs is 4. The predicted octanol–water partition coefficient (Wildman–Crippen LogP) is 19.0. The summed E-state index contributed by atoms with van der Waals surface area (Å²) in [4.78, 5) is 20.1. The molecule has 0 atom stereocenters. The summed E-state index contributed by atoms with van der Waals surface area (Å²) in [6, 6.07) is 54.7. The SMILES string of the molecule is [2H]C1(c2ccc(-c3ncc4c(n3)oc3c(-c5nc6c(-c7[c-]c(-c8cc(-c9ccccc9)ccn8)cc(C(C)(C)C)c7)cccc6n5-c5ccccc5-c5ccccc5)c(O)c(C(C)(C)C)cc34)cc2)CCC(C(F)(F)F)(C(F)(F)F)CC1.[Pt]. The van der Waals surface area contributed by atoms with Crippen LogP contribution in [0.15, 0.2) is 175 Å². The molecule has 418 valence electrons. The Morgan fingerprint density at radius 2 is 1.27 bits per heavy atom. The van der Waals surface area contributed by atoms with Crippen molar-refractivity contribution in [1.29, 1.82) is 0 Å². The van der Waals surface area contributed by atoms with Crippen molar-refractivity contribution in [3.05, 3.63) is 193 Å². The molecular weight excluding hydrogens is 1230 g/mol. The van der Waals surface area contributed by atoms with Gasteiger partial charge in [-0.15, -0.1) is 29.3 Å². The molecule has 7 nitrogen and oxygen atoms in total. The van der Waals surface area contributed by atoms with Gasteiger partial charge in [0, 0.05) is 62.6 Å². The minimum Gasteiger partial charge on any atom is -0.507 e. The van der Waals surface area contributed by atoms with Gasteiger partial charge in [0.05, 0.1) is 22.1 Å². The van der Waals surface area contributed by atoms with Crippen LogP contribution in [0.2, 0.25) is 0 Å². The molecule has 1 aliphatic carbocycles. The zero-order valence-corrected chi connectivity index (χ0v) is 47.9. The molecule has 14 heteroatoms. The van der Waals surface area contributed by atoms with Crippen molar-refractivity contribution in [3.63, 3.8) is 0 Å². The van der Waals surface area contributed by atoms with Crippen molar-refractivity contribution in [3.8, 4) is 78.9 Å². The Balaban J connectivity index is 0.00000721. The number of pyridine rings is 1. The minimum atomic E-state index is -5.50. The van der Waals surface area contributed by atoms with E-state index in [4.69, 9.17) is 25.7 Å². The summed E-state index contributed by atoms with van der Waals surface area (Å²) < 4.78 is 102. The standard InChI is InChI=1S/C68H56F6N5O2.Pt/c1-64(2,3)48-35-46(34-47(36-48)54-37-45(30-33-75-54)40-16-9-7-10-17-40)50-21-15-23-56-58(50)77-62(79(56)55-22-14-13-20-49(55)43-18-11-8-12-19-43)57-59(80)53(65(4,5)6)38-51-52-39-76-61(78-63(52)81-60(51)57)44-26-24-41(25-27-44)42-28-31-66(32-29-42,67(69,70)71)68(72,73)74;/h7-27,30,33,35-39,42,80H,28-29,31-32H2,1-6H3;/q-1;/i42D;. The minimum absolute atomic E-state index is 0. The van der Waals surface area contributed by atoms with Crippen LogP contribution in [0.3, 0.4) is 0 Å². The van der Waals surface area contributed by atoms with E-state index in [0.717, 1.165) is 61.4 Å². The molecule has 4 heterocycles. The smallest absolute Gasteiger partial charge is 0.403 e. The first kappa shape index (κ1) is 54.7. The van der Waals surface area contributed by atoms with Crippen molar-refractivity contribution in [2.45, 2.75) is 96.3 Å². The number of para-hydroxylation sites is 2. The van der Waals surface area contributed by atoms with Crippen LogP contribution in [0.25, 0.3) is 106 Å². The predicted molar refractivity (Wildman–Crippen MR) is 308 cm³/mol. The van der Waals surface area contributed by atoms with E-state index in [1.807, 2.05) is 112 Å². The second-order valence-corrected chi connectivity index (χ2v) is 23.1. The Hall–Kier alpha value is -7.89. The summed E-state index contributed by atoms with van der Waals surface area (Å²) in [6.45, 7) is 12.6. The first-order chi connectivity index (χ1) is 38.9. The second-order valence-electron chi connectivity index (χ2n) is 23.1. The molecular formula is C68H56F6N5O2Pt-. The van der Waals surface area contributed by atoms with Gasteiger partial charge < -0.3 is 9.52 Å². The van der Waals surface area contributed by atoms with Crippen LogP contribution in [0.4, 0.5) is 26.3 Å². The van der Waals surface area contributed by atoms with Crippen LogP contribution in [0.5, 0.6) is 5.75 Å². The van der Waals surface area contributed by atoms with Gasteiger partial charge in [0.15, 0.2) is 22.6 Å². The number of phenolic OH excluding ortho intramolecular Hbond substituents is 1. The van der Waals surface area contributed by atoms with Gasteiger partial charge >= 0.3 is 12.4 Å². The molecule has 4 aromatic heterocycles. The normalized spacial score (nSPS) is 15.0. The van der Waals surface area contributed by atoms with E-state index in [2.05, 4.69) is 79.9 Å². The van der Waals surface area contributed by atoms with Gasteiger partial charge in [-0.3, -0.25) is 9.55 Å². The largest absolute Gasteiger partial charge is 0.507 e. The number of hydrogen-bond donors (Lipinski definition) is 1. The number of imidazole rings is 1. The average Bonchev–Trinajstić information content (AvgIpc) is 2.68. The van der Waals surface area contributed by atoms with E-state index in [1.54, 1.807) is 30.5 Å². The molecule has 1 fully saturated rings. The maximum Gasteiger partial charge on any atom is 0.403 e. The summed E-state index contributed by atoms with van der Waals surface area (Å²) in [6.07, 6.45) is -11.3. The zero-order chi connectivity index (χ0) is 57.7. The van der Waals surface area contributed by atoms with Gasteiger partial charge in [-0.05, 0) is 88.9 Å². The molecule has 0 aliphatic heterocycles. The number of aromatic hydroxyl groups is 1. The molecule has 0 amide bonds. The molecule has 12 rings (SSSR count). The van der Waals surface area contributed by atoms with Crippen LogP contribution < -0.4 is 0 Å². The number of aromatic nitrogens is 5. The van der Waals surface area contributed by atoms with Crippen molar-refractivity contribution < 1.29 is 58.3 Å². The number of phenols is 1. The number of benzene rings is 7. The number of halogens is 6. The number of nitrogens with zero attached hydrogens (tertiary/aromatic N) is 5. The third-order valence-electron chi connectivity index (χ3n) is 16.0. The van der Waals surface area contributed by atoms with Gasteiger partial charge in [0.2, 0.25) is 5.71 Å². The molecule has 0 radical (unpaired) electrons. The summed E-state index contributed by atoms with van der Waals surface area (Å²) in [5.41, 5.74) is 7.83. The zero-order valence-electron chi connectivity index (χ0n) is 46.7. The Kier molecular flexibility index (Phi) is 13.9. The van der Waals surface area contributed by atoms with Crippen LogP contribution in [0, 0.1) is 11.5 Å². The summed E-state index contributed by atoms with van der Waals surface area (Å²) in [5.74, 6) is -1.10. The molecule has 0 bridgehead atoms. The van der Waals surface area contributed by atoms with E-state index < -0.39 is 54.8 Å². The van der Waals surface area contributed by atoms with Crippen molar-refractivity contribution in [1.82, 2.24) is 24.5 Å². The molecule has 1 N–H and O–H groups in total. The Morgan fingerprint density at radius 1 is 0.634 bits per heavy atom. The van der Waals surface area contributed by atoms with Crippen molar-refractivity contribution in [2.75, 3.05) is 0 Å². The van der Waals surface area contributed by atoms with E-state index >= 15 is 0 Å². The Morgan fingerprint density at radius 3 is 1.93 bits per heavy atom. The summed E-state index contributed by atoms with van der Waals surface area (Å²) in [5, 5.41) is 14.1. The van der Waals surface area contributed by atoms with Gasteiger partial charge in [0.25, 0.3) is 0 Å².